The molecular formula is C12H21Hf-3. The Kier molecular flexibility index (Phi) is 9.66. The topological polar surface area (TPSA) is 0 Å². The molecule has 0 unspecified atom stereocenters. The molecule has 76 valence electrons. The molecule has 0 nitrogen and oxygen atoms in total. The largest absolute Gasteiger partial charge is 0.358 e. The average Bonchev–Trinajstić information content (AvgIpc) is 2.07. The summed E-state index contributed by atoms with van der Waals surface area (Å²) in [6, 6.07) is 0. The van der Waals surface area contributed by atoms with Crippen molar-refractivity contribution >= 4 is 0 Å². The van der Waals surface area contributed by atoms with Gasteiger partial charge in [-0.15, -0.1) is 0 Å². The van der Waals surface area contributed by atoms with Gasteiger partial charge in [-0.1, -0.05) is 34.6 Å². The van der Waals surface area contributed by atoms with E-state index in [9.17, 15) is 0 Å². The van der Waals surface area contributed by atoms with Crippen LogP contribution in [0.15, 0.2) is 0 Å². The molecule has 0 radical (unpaired) electrons. The molecule has 0 amide bonds. The molecule has 0 aliphatic carbocycles. The van der Waals surface area contributed by atoms with Crippen LogP contribution in [-0.4, -0.2) is 0 Å². The maximum Gasteiger partial charge on any atom is 0 e. The zero-order chi connectivity index (χ0) is 7.89. The zero-order valence-electron chi connectivity index (χ0n) is 10.0. The maximum absolute atomic E-state index is 2.20. The summed E-state index contributed by atoms with van der Waals surface area (Å²) in [5, 5.41) is 0. The monoisotopic (exact) mass is 345 g/mol. The van der Waals surface area contributed by atoms with Gasteiger partial charge in [-0.25, -0.2) is 0 Å². The second-order valence-corrected chi connectivity index (χ2v) is 3.12. The summed E-state index contributed by atoms with van der Waals surface area (Å²) in [5.74, 6) is 0. The van der Waals surface area contributed by atoms with Crippen molar-refractivity contribution < 1.29 is 25.8 Å². The molecule has 13 heavy (non-hydrogen) atoms. The van der Waals surface area contributed by atoms with E-state index in [4.69, 9.17) is 0 Å². The Morgan fingerprint density at radius 2 is 1.00 bits per heavy atom. The van der Waals surface area contributed by atoms with Crippen LogP contribution in [-0.2, 0) is 25.8 Å². The minimum Gasteiger partial charge on any atom is -0.358 e. The fraction of sp³-hybridized carbons (Fsp3) is 0.417. The van der Waals surface area contributed by atoms with E-state index in [-0.39, 0.29) is 40.7 Å². The molecule has 0 spiro atoms. The smallest absolute Gasteiger partial charge is 0 e. The Morgan fingerprint density at radius 1 is 0.769 bits per heavy atom. The van der Waals surface area contributed by atoms with Crippen molar-refractivity contribution in [1.29, 1.82) is 0 Å². The van der Waals surface area contributed by atoms with Crippen molar-refractivity contribution in [3.05, 3.63) is 42.7 Å². The van der Waals surface area contributed by atoms with Crippen molar-refractivity contribution in [1.82, 2.24) is 0 Å². The molecule has 0 N–H and O–H groups in total. The van der Waals surface area contributed by atoms with Gasteiger partial charge in [-0.05, 0) is 0 Å². The summed E-state index contributed by atoms with van der Waals surface area (Å²) >= 11 is 0. The molecule has 1 aromatic carbocycles. The Hall–Kier alpha value is 0.220. The minimum atomic E-state index is 0. The standard InChI is InChI=1S/C10H15.2CH3.Hf/c1-6-7(2)9(4)10(5)8(6)3;;;/h1-5H3;2*1H3;/q3*-1;. The normalized spacial score (nSPS) is 8.08. The van der Waals surface area contributed by atoms with Gasteiger partial charge in [-0.3, -0.25) is 0 Å². The van der Waals surface area contributed by atoms with Gasteiger partial charge in [0.05, 0.1) is 0 Å². The SMILES string of the molecule is Cc1c(C)c(C)[c-](C)c1C.[CH3-].[CH3-].[Hf]. The zero-order valence-corrected chi connectivity index (χ0v) is 13.6. The molecule has 0 fully saturated rings. The summed E-state index contributed by atoms with van der Waals surface area (Å²) in [7, 11) is 0. The first-order valence-electron chi connectivity index (χ1n) is 3.75. The van der Waals surface area contributed by atoms with Crippen molar-refractivity contribution in [2.45, 2.75) is 34.6 Å². The molecule has 1 aromatic rings. The molecule has 1 rings (SSSR count). The van der Waals surface area contributed by atoms with E-state index in [1.165, 1.54) is 27.8 Å². The summed E-state index contributed by atoms with van der Waals surface area (Å²) in [4.78, 5) is 0. The van der Waals surface area contributed by atoms with Crippen molar-refractivity contribution in [2.75, 3.05) is 0 Å². The van der Waals surface area contributed by atoms with Gasteiger partial charge in [0, 0.05) is 25.8 Å². The fourth-order valence-corrected chi connectivity index (χ4v) is 1.41. The molecule has 0 saturated heterocycles. The molecule has 1 heteroatoms. The fourth-order valence-electron chi connectivity index (χ4n) is 1.41. The van der Waals surface area contributed by atoms with Gasteiger partial charge in [0.2, 0.25) is 0 Å². The second kappa shape index (κ2) is 6.64. The Morgan fingerprint density at radius 3 is 1.08 bits per heavy atom. The van der Waals surface area contributed by atoms with Gasteiger partial charge in [0.25, 0.3) is 0 Å². The number of hydrogen-bond acceptors (Lipinski definition) is 0. The first-order valence-corrected chi connectivity index (χ1v) is 3.75. The van der Waals surface area contributed by atoms with Gasteiger partial charge in [-0.2, -0.15) is 27.8 Å². The van der Waals surface area contributed by atoms with Crippen LogP contribution in [0.25, 0.3) is 0 Å². The molecule has 0 aliphatic rings. The molecule has 0 atom stereocenters. The number of rotatable bonds is 0. The van der Waals surface area contributed by atoms with E-state index in [1.807, 2.05) is 0 Å². The van der Waals surface area contributed by atoms with E-state index in [0.29, 0.717) is 0 Å². The predicted octanol–water partition coefficient (Wildman–Crippen LogP) is 3.85. The molecule has 0 aromatic heterocycles. The van der Waals surface area contributed by atoms with Crippen molar-refractivity contribution in [2.24, 2.45) is 0 Å². The third-order valence-electron chi connectivity index (χ3n) is 2.81. The van der Waals surface area contributed by atoms with Gasteiger partial charge >= 0.3 is 0 Å². The van der Waals surface area contributed by atoms with Crippen LogP contribution in [0.4, 0.5) is 0 Å². The predicted molar refractivity (Wildman–Crippen MR) is 58.5 cm³/mol. The van der Waals surface area contributed by atoms with E-state index in [2.05, 4.69) is 34.6 Å². The molecule has 0 heterocycles. The van der Waals surface area contributed by atoms with E-state index in [0.717, 1.165) is 0 Å². The van der Waals surface area contributed by atoms with E-state index < -0.39 is 0 Å². The molecule has 0 saturated carbocycles. The Bertz CT molecular complexity index is 176. The Balaban J connectivity index is -0.000000333. The van der Waals surface area contributed by atoms with E-state index in [1.54, 1.807) is 0 Å². The van der Waals surface area contributed by atoms with Gasteiger partial charge in [0.15, 0.2) is 0 Å². The third-order valence-corrected chi connectivity index (χ3v) is 2.81. The number of hydrogen-bond donors (Lipinski definition) is 0. The van der Waals surface area contributed by atoms with Crippen LogP contribution in [0.2, 0.25) is 0 Å². The summed E-state index contributed by atoms with van der Waals surface area (Å²) in [5.41, 5.74) is 7.34. The van der Waals surface area contributed by atoms with Crippen molar-refractivity contribution in [3.63, 3.8) is 0 Å². The summed E-state index contributed by atoms with van der Waals surface area (Å²) in [6.45, 7) is 11.0. The van der Waals surface area contributed by atoms with E-state index >= 15 is 0 Å². The summed E-state index contributed by atoms with van der Waals surface area (Å²) < 4.78 is 0. The van der Waals surface area contributed by atoms with Gasteiger partial charge < -0.3 is 14.9 Å². The third kappa shape index (κ3) is 3.12. The van der Waals surface area contributed by atoms with Crippen LogP contribution in [0, 0.1) is 49.5 Å². The first-order chi connectivity index (χ1) is 4.55. The summed E-state index contributed by atoms with van der Waals surface area (Å²) in [6.07, 6.45) is 0. The minimum absolute atomic E-state index is 0. The first kappa shape index (κ1) is 18.9. The molecular weight excluding hydrogens is 323 g/mol. The van der Waals surface area contributed by atoms with Crippen LogP contribution >= 0.6 is 0 Å². The van der Waals surface area contributed by atoms with Gasteiger partial charge in [0.1, 0.15) is 0 Å². The Labute approximate surface area is 103 Å². The van der Waals surface area contributed by atoms with Crippen LogP contribution < -0.4 is 0 Å². The molecule has 0 aliphatic heterocycles. The van der Waals surface area contributed by atoms with Crippen molar-refractivity contribution in [3.8, 4) is 0 Å². The average molecular weight is 344 g/mol. The van der Waals surface area contributed by atoms with Crippen LogP contribution in [0.5, 0.6) is 0 Å². The second-order valence-electron chi connectivity index (χ2n) is 3.12. The van der Waals surface area contributed by atoms with Crippen LogP contribution in [0.1, 0.15) is 27.8 Å². The quantitative estimate of drug-likeness (QED) is 0.496. The van der Waals surface area contributed by atoms with Crippen LogP contribution in [0.3, 0.4) is 0 Å². The molecule has 0 bridgehead atoms. The maximum atomic E-state index is 2.20.